The highest BCUT2D eigenvalue weighted by molar-refractivity contribution is 5.74. The quantitative estimate of drug-likeness (QED) is 0.869. The summed E-state index contributed by atoms with van der Waals surface area (Å²) in [5, 5.41) is 0. The average molecular weight is 245 g/mol. The first-order chi connectivity index (χ1) is 7.71. The Labute approximate surface area is 95.7 Å². The summed E-state index contributed by atoms with van der Waals surface area (Å²) in [6.45, 7) is 5.15. The zero-order chi connectivity index (χ0) is 13.2. The van der Waals surface area contributed by atoms with Crippen molar-refractivity contribution in [2.75, 3.05) is 0 Å². The van der Waals surface area contributed by atoms with Crippen molar-refractivity contribution in [2.24, 2.45) is 5.73 Å². The van der Waals surface area contributed by atoms with Crippen LogP contribution in [0.5, 0.6) is 5.75 Å². The molecule has 0 spiro atoms. The molecular weight excluding hydrogens is 235 g/mol. The minimum Gasteiger partial charge on any atom is -0.410 e. The van der Waals surface area contributed by atoms with Crippen molar-refractivity contribution < 1.29 is 22.7 Å². The first-order valence-electron chi connectivity index (χ1n) is 4.56. The lowest BCUT2D eigenvalue weighted by atomic mass is 10.0. The SMILES string of the molecule is C=C(C)c1ccc(C(F)(F)F)cc1OC(N)=O. The maximum Gasteiger partial charge on any atom is 0.416 e. The Bertz CT molecular complexity index is 466. The van der Waals surface area contributed by atoms with Gasteiger partial charge in [-0.1, -0.05) is 12.6 Å². The highest BCUT2D eigenvalue weighted by Gasteiger charge is 2.31. The van der Waals surface area contributed by atoms with E-state index in [1.165, 1.54) is 6.07 Å². The molecule has 0 radical (unpaired) electrons. The molecule has 1 rings (SSSR count). The van der Waals surface area contributed by atoms with Gasteiger partial charge in [0.25, 0.3) is 0 Å². The van der Waals surface area contributed by atoms with Crippen molar-refractivity contribution in [1.29, 1.82) is 0 Å². The molecule has 1 aromatic rings. The van der Waals surface area contributed by atoms with Gasteiger partial charge in [-0.05, 0) is 24.6 Å². The normalized spacial score (nSPS) is 11.1. The Kier molecular flexibility index (Phi) is 3.45. The van der Waals surface area contributed by atoms with Crippen molar-refractivity contribution in [3.8, 4) is 5.75 Å². The summed E-state index contributed by atoms with van der Waals surface area (Å²) in [7, 11) is 0. The van der Waals surface area contributed by atoms with Crippen LogP contribution in [0.4, 0.5) is 18.0 Å². The van der Waals surface area contributed by atoms with Crippen LogP contribution in [0.25, 0.3) is 5.57 Å². The van der Waals surface area contributed by atoms with Crippen LogP contribution in [-0.2, 0) is 6.18 Å². The van der Waals surface area contributed by atoms with Crippen LogP contribution in [0.1, 0.15) is 18.1 Å². The van der Waals surface area contributed by atoms with Gasteiger partial charge in [0.15, 0.2) is 0 Å². The molecule has 0 aromatic heterocycles. The lowest BCUT2D eigenvalue weighted by Crippen LogP contribution is -2.17. The summed E-state index contributed by atoms with van der Waals surface area (Å²) in [5.41, 5.74) is 4.63. The first-order valence-corrected chi connectivity index (χ1v) is 4.56. The Morgan fingerprint density at radius 2 is 2.00 bits per heavy atom. The third-order valence-corrected chi connectivity index (χ3v) is 1.98. The molecule has 0 aliphatic carbocycles. The molecule has 1 amide bonds. The smallest absolute Gasteiger partial charge is 0.410 e. The maximum atomic E-state index is 12.4. The van der Waals surface area contributed by atoms with Gasteiger partial charge < -0.3 is 10.5 Å². The second-order valence-corrected chi connectivity index (χ2v) is 3.41. The minimum atomic E-state index is -4.51. The number of amides is 1. The summed E-state index contributed by atoms with van der Waals surface area (Å²) in [5.74, 6) is -0.250. The van der Waals surface area contributed by atoms with E-state index in [1.54, 1.807) is 6.92 Å². The topological polar surface area (TPSA) is 52.3 Å². The molecule has 0 fully saturated rings. The van der Waals surface area contributed by atoms with Crippen molar-refractivity contribution >= 4 is 11.7 Å². The largest absolute Gasteiger partial charge is 0.416 e. The number of alkyl halides is 3. The van der Waals surface area contributed by atoms with Crippen molar-refractivity contribution in [2.45, 2.75) is 13.1 Å². The molecule has 0 aliphatic heterocycles. The third-order valence-electron chi connectivity index (χ3n) is 1.98. The number of benzene rings is 1. The number of halogens is 3. The molecule has 0 saturated heterocycles. The van der Waals surface area contributed by atoms with Gasteiger partial charge >= 0.3 is 12.3 Å². The fourth-order valence-electron chi connectivity index (χ4n) is 1.24. The number of carbonyl (C=O) groups excluding carboxylic acids is 1. The second kappa shape index (κ2) is 4.48. The van der Waals surface area contributed by atoms with E-state index in [-0.39, 0.29) is 5.75 Å². The average Bonchev–Trinajstić information content (AvgIpc) is 2.14. The molecule has 0 bridgehead atoms. The zero-order valence-electron chi connectivity index (χ0n) is 8.97. The van der Waals surface area contributed by atoms with Gasteiger partial charge in [-0.15, -0.1) is 0 Å². The van der Waals surface area contributed by atoms with E-state index in [1.807, 2.05) is 0 Å². The van der Waals surface area contributed by atoms with E-state index >= 15 is 0 Å². The van der Waals surface area contributed by atoms with Crippen molar-refractivity contribution in [3.63, 3.8) is 0 Å². The molecule has 2 N–H and O–H groups in total. The van der Waals surface area contributed by atoms with E-state index in [4.69, 9.17) is 5.73 Å². The number of rotatable bonds is 2. The monoisotopic (exact) mass is 245 g/mol. The molecule has 0 aliphatic rings. The van der Waals surface area contributed by atoms with Crippen LogP contribution in [0.15, 0.2) is 24.8 Å². The van der Waals surface area contributed by atoms with Crippen LogP contribution in [0.2, 0.25) is 0 Å². The Balaban J connectivity index is 3.29. The summed E-state index contributed by atoms with van der Waals surface area (Å²) in [4.78, 5) is 10.6. The summed E-state index contributed by atoms with van der Waals surface area (Å²) in [6.07, 6.45) is -5.68. The number of carbonyl (C=O) groups is 1. The highest BCUT2D eigenvalue weighted by atomic mass is 19.4. The number of ether oxygens (including phenoxy) is 1. The summed E-state index contributed by atoms with van der Waals surface area (Å²) < 4.78 is 41.9. The van der Waals surface area contributed by atoms with Crippen LogP contribution in [-0.4, -0.2) is 6.09 Å². The van der Waals surface area contributed by atoms with E-state index in [2.05, 4.69) is 11.3 Å². The first kappa shape index (κ1) is 13.1. The number of allylic oxidation sites excluding steroid dienone is 1. The molecule has 3 nitrogen and oxygen atoms in total. The fraction of sp³-hybridized carbons (Fsp3) is 0.182. The van der Waals surface area contributed by atoms with Crippen LogP contribution >= 0.6 is 0 Å². The van der Waals surface area contributed by atoms with E-state index in [9.17, 15) is 18.0 Å². The number of nitrogens with two attached hydrogens (primary N) is 1. The molecule has 0 saturated carbocycles. The zero-order valence-corrected chi connectivity index (χ0v) is 8.97. The van der Waals surface area contributed by atoms with Gasteiger partial charge in [-0.25, -0.2) is 4.79 Å². The van der Waals surface area contributed by atoms with Crippen molar-refractivity contribution in [3.05, 3.63) is 35.9 Å². The number of hydrogen-bond donors (Lipinski definition) is 1. The molecule has 6 heteroatoms. The maximum absolute atomic E-state index is 12.4. The van der Waals surface area contributed by atoms with Crippen LogP contribution in [0, 0.1) is 0 Å². The molecule has 17 heavy (non-hydrogen) atoms. The Morgan fingerprint density at radius 1 is 1.41 bits per heavy atom. The van der Waals surface area contributed by atoms with E-state index < -0.39 is 17.8 Å². The summed E-state index contributed by atoms with van der Waals surface area (Å²) >= 11 is 0. The molecular formula is C11H10F3NO2. The Morgan fingerprint density at radius 3 is 2.41 bits per heavy atom. The van der Waals surface area contributed by atoms with E-state index in [0.29, 0.717) is 11.1 Å². The Hall–Kier alpha value is -1.98. The number of primary amides is 1. The predicted octanol–water partition coefficient (Wildman–Crippen LogP) is 3.20. The van der Waals surface area contributed by atoms with Crippen LogP contribution < -0.4 is 10.5 Å². The minimum absolute atomic E-state index is 0.250. The van der Waals surface area contributed by atoms with Gasteiger partial charge in [0.05, 0.1) is 5.56 Å². The van der Waals surface area contributed by atoms with Gasteiger partial charge in [0.2, 0.25) is 0 Å². The van der Waals surface area contributed by atoms with Gasteiger partial charge in [0.1, 0.15) is 5.75 Å². The highest BCUT2D eigenvalue weighted by Crippen LogP contribution is 2.34. The molecule has 0 atom stereocenters. The summed E-state index contributed by atoms with van der Waals surface area (Å²) in [6, 6.07) is 2.79. The van der Waals surface area contributed by atoms with E-state index in [0.717, 1.165) is 12.1 Å². The van der Waals surface area contributed by atoms with Gasteiger partial charge in [-0.2, -0.15) is 13.2 Å². The molecule has 1 aromatic carbocycles. The standard InChI is InChI=1S/C11H10F3NO2/c1-6(2)8-4-3-7(11(12,13)14)5-9(8)17-10(15)16/h3-5H,1H2,2H3,(H2,15,16). The van der Waals surface area contributed by atoms with Gasteiger partial charge in [0, 0.05) is 5.56 Å². The predicted molar refractivity (Wildman–Crippen MR) is 56.4 cm³/mol. The molecule has 0 unspecified atom stereocenters. The second-order valence-electron chi connectivity index (χ2n) is 3.41. The fourth-order valence-corrected chi connectivity index (χ4v) is 1.24. The van der Waals surface area contributed by atoms with Crippen molar-refractivity contribution in [1.82, 2.24) is 0 Å². The van der Waals surface area contributed by atoms with Gasteiger partial charge in [-0.3, -0.25) is 0 Å². The lowest BCUT2D eigenvalue weighted by molar-refractivity contribution is -0.137. The molecule has 0 heterocycles. The number of hydrogen-bond acceptors (Lipinski definition) is 2. The lowest BCUT2D eigenvalue weighted by Gasteiger charge is -2.12. The third kappa shape index (κ3) is 3.24. The molecule has 92 valence electrons. The van der Waals surface area contributed by atoms with Crippen LogP contribution in [0.3, 0.4) is 0 Å².